The van der Waals surface area contributed by atoms with Gasteiger partial charge in [-0.1, -0.05) is 48.5 Å². The predicted octanol–water partition coefficient (Wildman–Crippen LogP) is 4.57. The fraction of sp³-hybridized carbons (Fsp3) is 0.318. The lowest BCUT2D eigenvalue weighted by atomic mass is 10.0. The van der Waals surface area contributed by atoms with Crippen LogP contribution in [0.5, 0.6) is 0 Å². The van der Waals surface area contributed by atoms with E-state index < -0.39 is 0 Å². The van der Waals surface area contributed by atoms with Gasteiger partial charge in [-0.2, -0.15) is 0 Å². The number of halogens is 1. The van der Waals surface area contributed by atoms with Crippen LogP contribution in [0.1, 0.15) is 19.8 Å². The van der Waals surface area contributed by atoms with Gasteiger partial charge < -0.3 is 4.57 Å². The lowest BCUT2D eigenvalue weighted by Gasteiger charge is -2.25. The van der Waals surface area contributed by atoms with Crippen LogP contribution in [0.4, 0.5) is 0 Å². The Morgan fingerprint density at radius 2 is 1.54 bits per heavy atom. The second-order valence-corrected chi connectivity index (χ2v) is 7.00. The van der Waals surface area contributed by atoms with E-state index in [0.717, 1.165) is 41.5 Å². The second kappa shape index (κ2) is 8.07. The number of hydrogen-bond acceptors (Lipinski definition) is 2. The van der Waals surface area contributed by atoms with Gasteiger partial charge in [0.05, 0.1) is 0 Å². The second-order valence-electron chi connectivity index (χ2n) is 7.00. The van der Waals surface area contributed by atoms with E-state index >= 15 is 0 Å². The Kier molecular flexibility index (Phi) is 5.80. The number of likely N-dealkylation sites (tertiary alicyclic amines) is 1. The smallest absolute Gasteiger partial charge is 0.258 e. The highest BCUT2D eigenvalue weighted by atomic mass is 35.5. The number of hydrogen-bond donors (Lipinski definition) is 0. The minimum atomic E-state index is 0. The van der Waals surface area contributed by atoms with Gasteiger partial charge in [0.2, 0.25) is 0 Å². The first-order chi connectivity index (χ1) is 12.2. The molecule has 0 saturated carbocycles. The third kappa shape index (κ3) is 3.55. The number of rotatable bonds is 4. The molecule has 26 heavy (non-hydrogen) atoms. The molecule has 0 N–H and O–H groups in total. The van der Waals surface area contributed by atoms with Crippen molar-refractivity contribution in [3.63, 3.8) is 0 Å². The van der Waals surface area contributed by atoms with E-state index in [0.29, 0.717) is 6.04 Å². The van der Waals surface area contributed by atoms with E-state index in [1.54, 1.807) is 0 Å². The summed E-state index contributed by atoms with van der Waals surface area (Å²) in [6.45, 7) is 5.27. The first-order valence-electron chi connectivity index (χ1n) is 9.16. The maximum Gasteiger partial charge on any atom is 0.258 e. The molecule has 1 atom stereocenters. The Morgan fingerprint density at radius 3 is 2.23 bits per heavy atom. The molecule has 0 aliphatic carbocycles. The van der Waals surface area contributed by atoms with E-state index in [-0.39, 0.29) is 18.0 Å². The van der Waals surface area contributed by atoms with Crippen molar-refractivity contribution in [3.8, 4) is 11.1 Å². The van der Waals surface area contributed by atoms with Crippen molar-refractivity contribution in [2.24, 2.45) is 0 Å². The minimum Gasteiger partial charge on any atom is -0.313 e. The zero-order chi connectivity index (χ0) is 17.2. The summed E-state index contributed by atoms with van der Waals surface area (Å²) < 4.78 is 1.91. The molecule has 1 unspecified atom stereocenters. The zero-order valence-electron chi connectivity index (χ0n) is 15.1. The normalized spacial score (nSPS) is 15.7. The van der Waals surface area contributed by atoms with Crippen LogP contribution in [-0.2, 0) is 6.54 Å². The number of fused-ring (bicyclic) bond motifs is 1. The number of pyridine rings is 1. The van der Waals surface area contributed by atoms with Crippen molar-refractivity contribution in [1.29, 1.82) is 0 Å². The van der Waals surface area contributed by atoms with E-state index in [1.807, 2.05) is 53.2 Å². The van der Waals surface area contributed by atoms with Crippen LogP contribution in [0.15, 0.2) is 65.6 Å². The highest BCUT2D eigenvalue weighted by Crippen LogP contribution is 2.26. The third-order valence-corrected chi connectivity index (χ3v) is 5.30. The van der Waals surface area contributed by atoms with Crippen molar-refractivity contribution in [2.45, 2.75) is 32.4 Å². The summed E-state index contributed by atoms with van der Waals surface area (Å²) in [6, 6.07) is 18.7. The lowest BCUT2D eigenvalue weighted by molar-refractivity contribution is 0.234. The van der Waals surface area contributed by atoms with Gasteiger partial charge in [0.25, 0.3) is 5.56 Å². The molecule has 4 rings (SSSR count). The number of aromatic nitrogens is 1. The van der Waals surface area contributed by atoms with Crippen molar-refractivity contribution >= 4 is 23.2 Å². The molecule has 0 bridgehead atoms. The number of benzene rings is 2. The van der Waals surface area contributed by atoms with Crippen LogP contribution in [0.25, 0.3) is 21.9 Å². The standard InChI is InChI=1S/C22H24N2O.ClH/c1-17(23-13-7-8-14-23)15-24-16-21(18-9-3-2-4-10-18)19-11-5-6-12-20(19)22(24)25;/h2-6,9-12,16-17H,7-8,13-15H2,1H3;1H. The van der Waals surface area contributed by atoms with Gasteiger partial charge in [0.15, 0.2) is 0 Å². The van der Waals surface area contributed by atoms with Crippen LogP contribution in [-0.4, -0.2) is 28.6 Å². The van der Waals surface area contributed by atoms with Gasteiger partial charge in [0.1, 0.15) is 0 Å². The molecular weight excluding hydrogens is 344 g/mol. The van der Waals surface area contributed by atoms with E-state index in [9.17, 15) is 4.79 Å². The maximum atomic E-state index is 13.0. The Hall–Kier alpha value is -2.10. The fourth-order valence-corrected chi connectivity index (χ4v) is 3.91. The Morgan fingerprint density at radius 1 is 0.923 bits per heavy atom. The van der Waals surface area contributed by atoms with E-state index in [1.165, 1.54) is 12.8 Å². The molecule has 3 aromatic rings. The molecule has 3 nitrogen and oxygen atoms in total. The van der Waals surface area contributed by atoms with Crippen molar-refractivity contribution in [3.05, 3.63) is 71.1 Å². The van der Waals surface area contributed by atoms with Gasteiger partial charge >= 0.3 is 0 Å². The molecule has 1 saturated heterocycles. The summed E-state index contributed by atoms with van der Waals surface area (Å²) in [6.07, 6.45) is 4.59. The summed E-state index contributed by atoms with van der Waals surface area (Å²) >= 11 is 0. The minimum absolute atomic E-state index is 0. The molecule has 0 spiro atoms. The van der Waals surface area contributed by atoms with E-state index in [4.69, 9.17) is 0 Å². The predicted molar refractivity (Wildman–Crippen MR) is 111 cm³/mol. The first-order valence-corrected chi connectivity index (χ1v) is 9.16. The molecule has 136 valence electrons. The summed E-state index contributed by atoms with van der Waals surface area (Å²) in [4.78, 5) is 15.5. The van der Waals surface area contributed by atoms with Gasteiger partial charge in [-0.3, -0.25) is 9.69 Å². The molecule has 1 aliphatic rings. The fourth-order valence-electron chi connectivity index (χ4n) is 3.91. The van der Waals surface area contributed by atoms with Gasteiger partial charge in [-0.05, 0) is 49.9 Å². The lowest BCUT2D eigenvalue weighted by Crippen LogP contribution is -2.36. The topological polar surface area (TPSA) is 25.2 Å². The molecule has 1 fully saturated rings. The number of nitrogens with zero attached hydrogens (tertiary/aromatic N) is 2. The van der Waals surface area contributed by atoms with E-state index in [2.05, 4.69) is 24.0 Å². The van der Waals surface area contributed by atoms with Crippen LogP contribution in [0.3, 0.4) is 0 Å². The largest absolute Gasteiger partial charge is 0.313 e. The summed E-state index contributed by atoms with van der Waals surface area (Å²) in [5, 5.41) is 1.83. The molecule has 2 heterocycles. The zero-order valence-corrected chi connectivity index (χ0v) is 15.9. The molecule has 2 aromatic carbocycles. The average Bonchev–Trinajstić information content (AvgIpc) is 3.20. The Labute approximate surface area is 160 Å². The highest BCUT2D eigenvalue weighted by molar-refractivity contribution is 5.95. The van der Waals surface area contributed by atoms with Crippen molar-refractivity contribution in [2.75, 3.05) is 13.1 Å². The SMILES string of the molecule is CC(Cn1cc(-c2ccccc2)c2ccccc2c1=O)N1CCCC1.Cl. The molecule has 4 heteroatoms. The Bertz CT molecular complexity index is 930. The van der Waals surface area contributed by atoms with Crippen molar-refractivity contribution in [1.82, 2.24) is 9.47 Å². The quantitative estimate of drug-likeness (QED) is 0.673. The first kappa shape index (κ1) is 18.7. The van der Waals surface area contributed by atoms with Gasteiger partial charge in [0, 0.05) is 29.7 Å². The molecule has 0 amide bonds. The Balaban J connectivity index is 0.00000196. The van der Waals surface area contributed by atoms with Crippen LogP contribution in [0.2, 0.25) is 0 Å². The van der Waals surface area contributed by atoms with Crippen LogP contribution >= 0.6 is 12.4 Å². The summed E-state index contributed by atoms with van der Waals surface area (Å²) in [5.74, 6) is 0. The molecule has 1 aliphatic heterocycles. The highest BCUT2D eigenvalue weighted by Gasteiger charge is 2.19. The molecular formula is C22H25ClN2O. The summed E-state index contributed by atoms with van der Waals surface area (Å²) in [7, 11) is 0. The monoisotopic (exact) mass is 368 g/mol. The third-order valence-electron chi connectivity index (χ3n) is 5.30. The van der Waals surface area contributed by atoms with Gasteiger partial charge in [-0.25, -0.2) is 0 Å². The summed E-state index contributed by atoms with van der Waals surface area (Å²) in [5.41, 5.74) is 2.40. The average molecular weight is 369 g/mol. The van der Waals surface area contributed by atoms with Crippen LogP contribution in [0, 0.1) is 0 Å². The van der Waals surface area contributed by atoms with Gasteiger partial charge in [-0.15, -0.1) is 12.4 Å². The molecule has 1 aromatic heterocycles. The van der Waals surface area contributed by atoms with Crippen molar-refractivity contribution < 1.29 is 0 Å². The molecule has 0 radical (unpaired) electrons. The maximum absolute atomic E-state index is 13.0. The van der Waals surface area contributed by atoms with Crippen LogP contribution < -0.4 is 5.56 Å².